The van der Waals surface area contributed by atoms with Gasteiger partial charge >= 0.3 is 5.65 Å². The molecule has 0 saturated heterocycles. The molecule has 1 aromatic carbocycles. The Kier molecular flexibility index (Phi) is 3.97. The highest BCUT2D eigenvalue weighted by atomic mass is 79.9. The van der Waals surface area contributed by atoms with Crippen molar-refractivity contribution in [3.8, 4) is 11.4 Å². The van der Waals surface area contributed by atoms with E-state index in [1.807, 2.05) is 42.1 Å². The standard InChI is InChI=1S/C14H12BrN5O.C2H6/c1-7-4-5-9(21-3)11-10(7)18-14-12(15)17-8(2)13-16-6-19(11)20(13)14;1-2/h4-6H,1-3H3;1-2H3/p+1. The van der Waals surface area contributed by atoms with Gasteiger partial charge in [-0.15, -0.1) is 4.52 Å². The molecule has 0 atom stereocenters. The normalized spacial score (nSPS) is 11.4. The number of rotatable bonds is 1. The van der Waals surface area contributed by atoms with Gasteiger partial charge in [-0.25, -0.2) is 4.98 Å². The van der Waals surface area contributed by atoms with Crippen LogP contribution in [0.5, 0.6) is 5.75 Å². The molecule has 6 nitrogen and oxygen atoms in total. The number of fused-ring (bicyclic) bond motifs is 2. The van der Waals surface area contributed by atoms with Crippen molar-refractivity contribution < 1.29 is 9.25 Å². The third-order valence-corrected chi connectivity index (χ3v) is 4.30. The highest BCUT2D eigenvalue weighted by molar-refractivity contribution is 9.10. The van der Waals surface area contributed by atoms with E-state index < -0.39 is 0 Å². The zero-order valence-corrected chi connectivity index (χ0v) is 15.4. The molecule has 0 radical (unpaired) electrons. The van der Waals surface area contributed by atoms with Gasteiger partial charge in [-0.2, -0.15) is 4.68 Å². The van der Waals surface area contributed by atoms with Crippen molar-refractivity contribution in [1.82, 2.24) is 14.6 Å². The number of aryl methyl sites for hydroxylation is 2. The van der Waals surface area contributed by atoms with Crippen molar-refractivity contribution in [3.63, 3.8) is 0 Å². The lowest BCUT2D eigenvalue weighted by molar-refractivity contribution is -0.586. The number of methoxy groups -OCH3 is 1. The van der Waals surface area contributed by atoms with Crippen LogP contribution in [-0.2, 0) is 0 Å². The monoisotopic (exact) mass is 376 g/mol. The molecule has 4 rings (SSSR count). The number of nitrogens with zero attached hydrogens (tertiary/aromatic N) is 4. The van der Waals surface area contributed by atoms with Crippen LogP contribution in [-0.4, -0.2) is 21.8 Å². The summed E-state index contributed by atoms with van der Waals surface area (Å²) >= 11 is 3.53. The summed E-state index contributed by atoms with van der Waals surface area (Å²) in [5, 5.41) is 3.44. The summed E-state index contributed by atoms with van der Waals surface area (Å²) in [6.45, 7) is 8.00. The molecule has 1 N–H and O–H groups in total. The summed E-state index contributed by atoms with van der Waals surface area (Å²) in [5.74, 6) is 1.66. The Morgan fingerprint density at radius 1 is 1.26 bits per heavy atom. The number of hydrogen-bond donors (Lipinski definition) is 1. The largest absolute Gasteiger partial charge is 0.494 e. The van der Waals surface area contributed by atoms with Gasteiger partial charge in [0.15, 0.2) is 10.3 Å². The lowest BCUT2D eigenvalue weighted by Crippen LogP contribution is -2.39. The fourth-order valence-electron chi connectivity index (χ4n) is 2.72. The molecule has 0 fully saturated rings. The summed E-state index contributed by atoms with van der Waals surface area (Å²) in [6, 6.07) is 4.00. The summed E-state index contributed by atoms with van der Waals surface area (Å²) in [5.41, 5.74) is 4.76. The molecule has 0 saturated carbocycles. The van der Waals surface area contributed by atoms with Crippen LogP contribution in [0.15, 0.2) is 23.1 Å². The van der Waals surface area contributed by atoms with Gasteiger partial charge in [0.25, 0.3) is 5.82 Å². The summed E-state index contributed by atoms with van der Waals surface area (Å²) < 4.78 is 10.3. The Hall–Kier alpha value is -2.15. The number of anilines is 2. The van der Waals surface area contributed by atoms with Crippen LogP contribution in [0.3, 0.4) is 0 Å². The molecule has 3 aromatic rings. The lowest BCUT2D eigenvalue weighted by atomic mass is 10.1. The van der Waals surface area contributed by atoms with Gasteiger partial charge in [0, 0.05) is 0 Å². The van der Waals surface area contributed by atoms with Gasteiger partial charge in [0.1, 0.15) is 17.1 Å². The first-order valence-electron chi connectivity index (χ1n) is 7.52. The summed E-state index contributed by atoms with van der Waals surface area (Å²) in [4.78, 5) is 8.97. The minimum absolute atomic E-state index is 0.757. The van der Waals surface area contributed by atoms with Gasteiger partial charge in [-0.1, -0.05) is 24.9 Å². The molecular weight excluding hydrogens is 358 g/mol. The minimum Gasteiger partial charge on any atom is -0.494 e. The van der Waals surface area contributed by atoms with E-state index in [0.717, 1.165) is 44.4 Å². The maximum Gasteiger partial charge on any atom is 0.308 e. The quantitative estimate of drug-likeness (QED) is 0.516. The van der Waals surface area contributed by atoms with E-state index in [0.29, 0.717) is 0 Å². The van der Waals surface area contributed by atoms with Crippen molar-refractivity contribution in [2.45, 2.75) is 27.7 Å². The topological polar surface area (TPSA) is 56.1 Å². The van der Waals surface area contributed by atoms with Gasteiger partial charge < -0.3 is 4.74 Å². The average molecular weight is 377 g/mol. The van der Waals surface area contributed by atoms with Crippen LogP contribution in [0.1, 0.15) is 25.1 Å². The maximum atomic E-state index is 5.51. The van der Waals surface area contributed by atoms with Crippen molar-refractivity contribution in [3.05, 3.63) is 34.3 Å². The van der Waals surface area contributed by atoms with Crippen molar-refractivity contribution >= 4 is 33.1 Å². The van der Waals surface area contributed by atoms with Crippen LogP contribution in [0, 0.1) is 13.8 Å². The Labute approximate surface area is 143 Å². The first kappa shape index (κ1) is 15.7. The highest BCUT2D eigenvalue weighted by Crippen LogP contribution is 2.38. The third-order valence-electron chi connectivity index (χ3n) is 3.74. The zero-order chi connectivity index (χ0) is 16.7. The number of hydrogen-bond acceptors (Lipinski definition) is 4. The summed E-state index contributed by atoms with van der Waals surface area (Å²) in [7, 11) is 1.67. The molecule has 1 aliphatic heterocycles. The second-order valence-corrected chi connectivity index (χ2v) is 5.75. The van der Waals surface area contributed by atoms with E-state index >= 15 is 0 Å². The number of aromatic nitrogens is 4. The van der Waals surface area contributed by atoms with Gasteiger partial charge in [-0.3, -0.25) is 5.32 Å². The Morgan fingerprint density at radius 2 is 2.00 bits per heavy atom. The predicted molar refractivity (Wildman–Crippen MR) is 92.9 cm³/mol. The molecule has 0 amide bonds. The zero-order valence-electron chi connectivity index (χ0n) is 13.8. The van der Waals surface area contributed by atoms with Crippen LogP contribution >= 0.6 is 15.9 Å². The molecule has 120 valence electrons. The molecule has 0 unspecified atom stereocenters. The predicted octanol–water partition coefficient (Wildman–Crippen LogP) is 3.48. The van der Waals surface area contributed by atoms with Crippen molar-refractivity contribution in [1.29, 1.82) is 0 Å². The van der Waals surface area contributed by atoms with E-state index in [4.69, 9.17) is 4.74 Å². The van der Waals surface area contributed by atoms with Crippen LogP contribution in [0.4, 0.5) is 11.5 Å². The van der Waals surface area contributed by atoms with Crippen LogP contribution in [0.25, 0.3) is 11.3 Å². The molecule has 0 bridgehead atoms. The maximum absolute atomic E-state index is 5.51. The molecule has 1 aliphatic rings. The Balaban J connectivity index is 0.000000753. The SMILES string of the molecule is CC.COc1ccc(C)c2c1-n1cnc3c(C)nc(Br)c([n+]31)N2. The molecule has 23 heavy (non-hydrogen) atoms. The lowest BCUT2D eigenvalue weighted by Gasteiger charge is -2.20. The number of halogens is 1. The average Bonchev–Trinajstić information content (AvgIpc) is 3.01. The highest BCUT2D eigenvalue weighted by Gasteiger charge is 2.31. The third kappa shape index (κ3) is 2.18. The first-order chi connectivity index (χ1) is 11.1. The van der Waals surface area contributed by atoms with E-state index in [1.54, 1.807) is 13.4 Å². The Morgan fingerprint density at radius 3 is 2.70 bits per heavy atom. The molecule has 2 aromatic heterocycles. The van der Waals surface area contributed by atoms with E-state index in [-0.39, 0.29) is 0 Å². The molecule has 0 aliphatic carbocycles. The van der Waals surface area contributed by atoms with Crippen LogP contribution in [0.2, 0.25) is 0 Å². The molecule has 7 heteroatoms. The first-order valence-corrected chi connectivity index (χ1v) is 8.31. The fraction of sp³-hybridized carbons (Fsp3) is 0.312. The Bertz CT molecular complexity index is 903. The fourth-order valence-corrected chi connectivity index (χ4v) is 3.25. The van der Waals surface area contributed by atoms with Gasteiger partial charge in [-0.05, 0) is 41.4 Å². The molecular formula is C16H19BrN5O+. The second-order valence-electron chi connectivity index (χ2n) is 4.99. The number of benzene rings is 1. The molecule has 3 heterocycles. The van der Waals surface area contributed by atoms with Crippen molar-refractivity contribution in [2.75, 3.05) is 12.4 Å². The summed E-state index contributed by atoms with van der Waals surface area (Å²) in [6.07, 6.45) is 1.79. The number of ether oxygens (including phenoxy) is 1. The number of nitrogens with one attached hydrogen (secondary N) is 1. The van der Waals surface area contributed by atoms with E-state index in [2.05, 4.69) is 38.1 Å². The van der Waals surface area contributed by atoms with Crippen molar-refractivity contribution in [2.24, 2.45) is 0 Å². The molecule has 0 spiro atoms. The van der Waals surface area contributed by atoms with Gasteiger partial charge in [0.05, 0.1) is 7.11 Å². The van der Waals surface area contributed by atoms with Crippen LogP contribution < -0.4 is 14.6 Å². The smallest absolute Gasteiger partial charge is 0.308 e. The van der Waals surface area contributed by atoms with E-state index in [1.165, 1.54) is 0 Å². The second kappa shape index (κ2) is 5.81. The minimum atomic E-state index is 0.757. The van der Waals surface area contributed by atoms with Gasteiger partial charge in [0.2, 0.25) is 6.33 Å². The van der Waals surface area contributed by atoms with E-state index in [9.17, 15) is 0 Å².